The lowest BCUT2D eigenvalue weighted by Gasteiger charge is -2.45. The van der Waals surface area contributed by atoms with Crippen LogP contribution in [0.15, 0.2) is 48.5 Å². The maximum Gasteiger partial charge on any atom is 0.250 e. The zero-order chi connectivity index (χ0) is 23.4. The van der Waals surface area contributed by atoms with E-state index in [-0.39, 0.29) is 24.3 Å². The molecule has 2 aromatic carbocycles. The Bertz CT molecular complexity index is 1140. The summed E-state index contributed by atoms with van der Waals surface area (Å²) < 4.78 is 1.22. The summed E-state index contributed by atoms with van der Waals surface area (Å²) in [5.41, 5.74) is 7.02. The van der Waals surface area contributed by atoms with Gasteiger partial charge >= 0.3 is 0 Å². The number of nitrogens with zero attached hydrogens (tertiary/aromatic N) is 5. The SMILES string of the molecule is Cc1ccc(NC(=O)C2(N(C(=O)Cn3nnnc3N)c3cccc(Cl)c3)CCCCC2)cc1. The second kappa shape index (κ2) is 9.58. The molecule has 10 heteroatoms. The van der Waals surface area contributed by atoms with Gasteiger partial charge in [-0.25, -0.2) is 4.68 Å². The van der Waals surface area contributed by atoms with E-state index in [2.05, 4.69) is 20.8 Å². The van der Waals surface area contributed by atoms with Crippen LogP contribution in [0.3, 0.4) is 0 Å². The third kappa shape index (κ3) is 4.83. The van der Waals surface area contributed by atoms with E-state index < -0.39 is 5.54 Å². The van der Waals surface area contributed by atoms with Crippen molar-refractivity contribution < 1.29 is 9.59 Å². The van der Waals surface area contributed by atoms with Crippen molar-refractivity contribution in [2.24, 2.45) is 0 Å². The number of nitrogens with two attached hydrogens (primary N) is 1. The van der Waals surface area contributed by atoms with Crippen molar-refractivity contribution in [1.82, 2.24) is 20.2 Å². The second-order valence-electron chi connectivity index (χ2n) is 8.32. The Morgan fingerprint density at radius 3 is 2.52 bits per heavy atom. The minimum absolute atomic E-state index is 0.0243. The van der Waals surface area contributed by atoms with Crippen LogP contribution < -0.4 is 16.0 Å². The number of hydrogen-bond acceptors (Lipinski definition) is 6. The predicted octanol–water partition coefficient (Wildman–Crippen LogP) is 3.59. The second-order valence-corrected chi connectivity index (χ2v) is 8.75. The Morgan fingerprint density at radius 2 is 1.88 bits per heavy atom. The first-order valence-corrected chi connectivity index (χ1v) is 11.3. The molecule has 4 rings (SSSR count). The molecule has 3 aromatic rings. The Labute approximate surface area is 196 Å². The van der Waals surface area contributed by atoms with Gasteiger partial charge in [0.2, 0.25) is 11.9 Å². The van der Waals surface area contributed by atoms with Crippen molar-refractivity contribution in [2.45, 2.75) is 51.1 Å². The van der Waals surface area contributed by atoms with Crippen LogP contribution in [-0.4, -0.2) is 37.6 Å². The molecule has 3 N–H and O–H groups in total. The van der Waals surface area contributed by atoms with E-state index in [0.29, 0.717) is 29.2 Å². The van der Waals surface area contributed by atoms with Gasteiger partial charge < -0.3 is 11.1 Å². The number of halogens is 1. The topological polar surface area (TPSA) is 119 Å². The number of hydrogen-bond donors (Lipinski definition) is 2. The predicted molar refractivity (Wildman–Crippen MR) is 127 cm³/mol. The molecule has 1 fully saturated rings. The van der Waals surface area contributed by atoms with Gasteiger partial charge in [0.05, 0.1) is 0 Å². The van der Waals surface area contributed by atoms with Crippen LogP contribution in [0.4, 0.5) is 17.3 Å². The maximum absolute atomic E-state index is 13.8. The zero-order valence-electron chi connectivity index (χ0n) is 18.4. The van der Waals surface area contributed by atoms with E-state index in [4.69, 9.17) is 17.3 Å². The lowest BCUT2D eigenvalue weighted by Crippen LogP contribution is -2.61. The minimum atomic E-state index is -1.09. The van der Waals surface area contributed by atoms with Crippen molar-refractivity contribution in [2.75, 3.05) is 16.0 Å². The number of aryl methyl sites for hydroxylation is 1. The Kier molecular flexibility index (Phi) is 6.60. The largest absolute Gasteiger partial charge is 0.367 e. The number of nitrogen functional groups attached to an aromatic ring is 1. The van der Waals surface area contributed by atoms with Crippen LogP contribution in [0.1, 0.15) is 37.7 Å². The van der Waals surface area contributed by atoms with Gasteiger partial charge in [0.25, 0.3) is 5.91 Å². The van der Waals surface area contributed by atoms with Crippen LogP contribution >= 0.6 is 11.6 Å². The van der Waals surface area contributed by atoms with E-state index in [1.54, 1.807) is 29.2 Å². The summed E-state index contributed by atoms with van der Waals surface area (Å²) in [6.45, 7) is 1.78. The van der Waals surface area contributed by atoms with Crippen LogP contribution in [-0.2, 0) is 16.1 Å². The molecule has 0 spiro atoms. The van der Waals surface area contributed by atoms with Crippen LogP contribution in [0.5, 0.6) is 0 Å². The number of amides is 2. The Morgan fingerprint density at radius 1 is 1.15 bits per heavy atom. The minimum Gasteiger partial charge on any atom is -0.367 e. The number of aromatic nitrogens is 4. The fourth-order valence-corrected chi connectivity index (χ4v) is 4.53. The fraction of sp³-hybridized carbons (Fsp3) is 0.348. The number of carbonyl (C=O) groups excluding carboxylic acids is 2. The van der Waals surface area contributed by atoms with Crippen molar-refractivity contribution in [3.8, 4) is 0 Å². The molecule has 9 nitrogen and oxygen atoms in total. The molecule has 0 radical (unpaired) electrons. The summed E-state index contributed by atoms with van der Waals surface area (Å²) in [5.74, 6) is -0.558. The highest BCUT2D eigenvalue weighted by atomic mass is 35.5. The molecule has 0 saturated heterocycles. The van der Waals surface area contributed by atoms with Gasteiger partial charge in [-0.05, 0) is 60.5 Å². The lowest BCUT2D eigenvalue weighted by atomic mass is 9.78. The average Bonchev–Trinajstić information content (AvgIpc) is 3.20. The van der Waals surface area contributed by atoms with Crippen molar-refractivity contribution in [3.63, 3.8) is 0 Å². The normalized spacial score (nSPS) is 15.1. The first kappa shape index (κ1) is 22.7. The molecule has 1 aliphatic rings. The molecule has 1 heterocycles. The quantitative estimate of drug-likeness (QED) is 0.571. The van der Waals surface area contributed by atoms with Gasteiger partial charge in [-0.1, -0.05) is 59.7 Å². The molecule has 172 valence electrons. The van der Waals surface area contributed by atoms with E-state index in [0.717, 1.165) is 24.8 Å². The summed E-state index contributed by atoms with van der Waals surface area (Å²) >= 11 is 6.27. The van der Waals surface area contributed by atoms with Gasteiger partial charge in [0, 0.05) is 16.4 Å². The van der Waals surface area contributed by atoms with E-state index in [9.17, 15) is 9.59 Å². The third-order valence-corrected chi connectivity index (χ3v) is 6.24. The summed E-state index contributed by atoms with van der Waals surface area (Å²) in [7, 11) is 0. The van der Waals surface area contributed by atoms with Crippen molar-refractivity contribution in [1.29, 1.82) is 0 Å². The summed E-state index contributed by atoms with van der Waals surface area (Å²) in [5, 5.41) is 14.5. The van der Waals surface area contributed by atoms with Crippen LogP contribution in [0.25, 0.3) is 0 Å². The van der Waals surface area contributed by atoms with Gasteiger partial charge in [0.15, 0.2) is 0 Å². The van der Waals surface area contributed by atoms with Gasteiger partial charge in [0.1, 0.15) is 12.1 Å². The number of rotatable bonds is 6. The molecule has 0 unspecified atom stereocenters. The van der Waals surface area contributed by atoms with Crippen LogP contribution in [0.2, 0.25) is 5.02 Å². The molecule has 0 bridgehead atoms. The lowest BCUT2D eigenvalue weighted by molar-refractivity contribution is -0.128. The Balaban J connectivity index is 1.76. The summed E-state index contributed by atoms with van der Waals surface area (Å²) in [4.78, 5) is 29.1. The summed E-state index contributed by atoms with van der Waals surface area (Å²) in [6, 6.07) is 14.5. The molecule has 2 amide bonds. The molecule has 33 heavy (non-hydrogen) atoms. The number of carbonyl (C=O) groups is 2. The molecule has 0 aliphatic heterocycles. The molecule has 1 saturated carbocycles. The van der Waals surface area contributed by atoms with Crippen LogP contribution in [0, 0.1) is 6.92 Å². The van der Waals surface area contributed by atoms with Crippen molar-refractivity contribution in [3.05, 3.63) is 59.1 Å². The molecule has 1 aromatic heterocycles. The van der Waals surface area contributed by atoms with E-state index in [1.807, 2.05) is 31.2 Å². The molecular weight excluding hydrogens is 442 g/mol. The van der Waals surface area contributed by atoms with Crippen molar-refractivity contribution >= 4 is 40.7 Å². The molecular formula is C23H26ClN7O2. The number of tetrazole rings is 1. The van der Waals surface area contributed by atoms with E-state index in [1.165, 1.54) is 4.68 Å². The summed E-state index contributed by atoms with van der Waals surface area (Å²) in [6.07, 6.45) is 3.68. The monoisotopic (exact) mass is 467 g/mol. The maximum atomic E-state index is 13.8. The number of nitrogens with one attached hydrogen (secondary N) is 1. The highest BCUT2D eigenvalue weighted by Crippen LogP contribution is 2.39. The van der Waals surface area contributed by atoms with Gasteiger partial charge in [-0.15, -0.1) is 0 Å². The zero-order valence-corrected chi connectivity index (χ0v) is 19.1. The first-order valence-electron chi connectivity index (χ1n) is 10.9. The average molecular weight is 468 g/mol. The standard InChI is InChI=1S/C23H26ClN7O2/c1-16-8-10-18(11-9-16)26-21(33)23(12-3-2-4-13-23)31(19-7-5-6-17(24)14-19)20(32)15-30-22(25)27-28-29-30/h5-11,14H,2-4,12-13,15H2,1H3,(H,26,33)(H2,25,27,29). The molecule has 0 atom stereocenters. The fourth-order valence-electron chi connectivity index (χ4n) is 4.34. The van der Waals surface area contributed by atoms with Gasteiger partial charge in [-0.2, -0.15) is 0 Å². The first-order chi connectivity index (χ1) is 15.9. The molecule has 1 aliphatic carbocycles. The van der Waals surface area contributed by atoms with E-state index >= 15 is 0 Å². The highest BCUT2D eigenvalue weighted by molar-refractivity contribution is 6.31. The smallest absolute Gasteiger partial charge is 0.250 e. The van der Waals surface area contributed by atoms with Gasteiger partial charge in [-0.3, -0.25) is 14.5 Å². The number of benzene rings is 2. The highest BCUT2D eigenvalue weighted by Gasteiger charge is 2.48. The third-order valence-electron chi connectivity index (χ3n) is 6.00. The Hall–Kier alpha value is -3.46. The number of anilines is 3.